The maximum absolute atomic E-state index is 6.54. The fourth-order valence-electron chi connectivity index (χ4n) is 4.05. The number of halogens is 2. The number of hydrogen-bond donors (Lipinski definition) is 1. The molecule has 1 atom stereocenters. The maximum atomic E-state index is 6.54. The molecule has 1 saturated heterocycles. The van der Waals surface area contributed by atoms with Gasteiger partial charge in [0.15, 0.2) is 5.96 Å². The van der Waals surface area contributed by atoms with Crippen LogP contribution >= 0.6 is 35.6 Å². The molecule has 1 fully saturated rings. The fraction of sp³-hybridized carbons (Fsp3) is 0.696. The predicted molar refractivity (Wildman–Crippen MR) is 141 cm³/mol. The van der Waals surface area contributed by atoms with Crippen molar-refractivity contribution in [3.63, 3.8) is 0 Å². The van der Waals surface area contributed by atoms with Gasteiger partial charge in [-0.15, -0.1) is 24.0 Å². The number of likely N-dealkylation sites (N-methyl/N-ethyl adjacent to an activating group) is 1. The molecule has 0 amide bonds. The molecular weight excluding hydrogens is 527 g/mol. The topological polar surface area (TPSA) is 49.3 Å². The van der Waals surface area contributed by atoms with Crippen LogP contribution in [0, 0.1) is 0 Å². The standard InChI is InChI=1S/C23H39ClN4O2.HI/c1-5-27(6-2)22(20-10-7-8-11-21(20)24)18-26-23(25-3)28-14-12-19(13-15-28)30-17-9-16-29-4;/h7-8,10-11,19,22H,5-6,9,12-18H2,1-4H3,(H,25,26);1H. The molecule has 1 heterocycles. The molecule has 0 saturated carbocycles. The van der Waals surface area contributed by atoms with Crippen molar-refractivity contribution in [2.45, 2.75) is 45.3 Å². The number of aliphatic imine (C=N–C) groups is 1. The molecule has 0 aromatic heterocycles. The summed E-state index contributed by atoms with van der Waals surface area (Å²) in [6.07, 6.45) is 3.34. The molecule has 0 radical (unpaired) electrons. The Morgan fingerprint density at radius 1 is 1.23 bits per heavy atom. The van der Waals surface area contributed by atoms with Crippen molar-refractivity contribution < 1.29 is 9.47 Å². The molecule has 1 aromatic carbocycles. The van der Waals surface area contributed by atoms with E-state index in [0.717, 1.165) is 81.7 Å². The number of nitrogens with one attached hydrogen (secondary N) is 1. The predicted octanol–water partition coefficient (Wildman–Crippen LogP) is 4.43. The highest BCUT2D eigenvalue weighted by Gasteiger charge is 2.24. The minimum Gasteiger partial charge on any atom is -0.385 e. The van der Waals surface area contributed by atoms with Gasteiger partial charge in [0.25, 0.3) is 0 Å². The summed E-state index contributed by atoms with van der Waals surface area (Å²) in [6.45, 7) is 10.5. The first-order valence-electron chi connectivity index (χ1n) is 11.2. The average molecular weight is 567 g/mol. The second-order valence-corrected chi connectivity index (χ2v) is 8.00. The summed E-state index contributed by atoms with van der Waals surface area (Å²) >= 11 is 6.54. The van der Waals surface area contributed by atoms with Crippen molar-refractivity contribution in [2.24, 2.45) is 4.99 Å². The zero-order valence-corrected chi connectivity index (χ0v) is 22.6. The minimum atomic E-state index is 0. The fourth-order valence-corrected chi connectivity index (χ4v) is 4.31. The van der Waals surface area contributed by atoms with Gasteiger partial charge in [0.2, 0.25) is 0 Å². The number of piperidine rings is 1. The van der Waals surface area contributed by atoms with Crippen molar-refractivity contribution in [1.82, 2.24) is 15.1 Å². The summed E-state index contributed by atoms with van der Waals surface area (Å²) in [5, 5.41) is 4.42. The van der Waals surface area contributed by atoms with Crippen molar-refractivity contribution in [3.8, 4) is 0 Å². The second kappa shape index (κ2) is 16.1. The highest BCUT2D eigenvalue weighted by atomic mass is 127. The maximum Gasteiger partial charge on any atom is 0.193 e. The van der Waals surface area contributed by atoms with Gasteiger partial charge in [-0.3, -0.25) is 9.89 Å². The van der Waals surface area contributed by atoms with Gasteiger partial charge in [-0.2, -0.15) is 0 Å². The van der Waals surface area contributed by atoms with E-state index in [1.165, 1.54) is 0 Å². The van der Waals surface area contributed by atoms with Crippen LogP contribution in [0.1, 0.15) is 44.7 Å². The molecule has 1 N–H and O–H groups in total. The van der Waals surface area contributed by atoms with Crippen LogP contribution in [0.25, 0.3) is 0 Å². The molecule has 0 aliphatic carbocycles. The van der Waals surface area contributed by atoms with Gasteiger partial charge in [0.1, 0.15) is 0 Å². The molecule has 8 heteroatoms. The molecule has 1 aromatic rings. The molecule has 31 heavy (non-hydrogen) atoms. The van der Waals surface area contributed by atoms with Gasteiger partial charge in [-0.25, -0.2) is 0 Å². The van der Waals surface area contributed by atoms with Crippen molar-refractivity contribution in [2.75, 3.05) is 60.1 Å². The molecule has 1 aliphatic heterocycles. The number of benzene rings is 1. The number of ether oxygens (including phenoxy) is 2. The van der Waals surface area contributed by atoms with E-state index >= 15 is 0 Å². The van der Waals surface area contributed by atoms with E-state index in [1.54, 1.807) is 7.11 Å². The van der Waals surface area contributed by atoms with E-state index in [1.807, 2.05) is 19.2 Å². The molecule has 2 rings (SSSR count). The Labute approximate surface area is 210 Å². The Kier molecular flexibility index (Phi) is 14.7. The van der Waals surface area contributed by atoms with Crippen LogP contribution in [-0.2, 0) is 9.47 Å². The number of guanidine groups is 1. The Balaban J connectivity index is 0.00000480. The van der Waals surface area contributed by atoms with Crippen LogP contribution in [0.5, 0.6) is 0 Å². The van der Waals surface area contributed by atoms with Crippen molar-refractivity contribution >= 4 is 41.5 Å². The molecule has 0 spiro atoms. The summed E-state index contributed by atoms with van der Waals surface area (Å²) in [7, 11) is 3.59. The lowest BCUT2D eigenvalue weighted by molar-refractivity contribution is 0.00985. The minimum absolute atomic E-state index is 0. The van der Waals surface area contributed by atoms with Crippen LogP contribution in [0.4, 0.5) is 0 Å². The number of nitrogens with zero attached hydrogens (tertiary/aromatic N) is 3. The lowest BCUT2D eigenvalue weighted by Crippen LogP contribution is -2.49. The van der Waals surface area contributed by atoms with Crippen LogP contribution < -0.4 is 5.32 Å². The van der Waals surface area contributed by atoms with Gasteiger partial charge >= 0.3 is 0 Å². The Morgan fingerprint density at radius 2 is 1.90 bits per heavy atom. The Hall–Kier alpha value is -0.610. The van der Waals surface area contributed by atoms with Gasteiger partial charge < -0.3 is 19.7 Å². The molecule has 1 unspecified atom stereocenters. The average Bonchev–Trinajstić information content (AvgIpc) is 2.78. The normalized spacial score (nSPS) is 16.3. The highest BCUT2D eigenvalue weighted by Crippen LogP contribution is 2.27. The third-order valence-corrected chi connectivity index (χ3v) is 6.11. The summed E-state index contributed by atoms with van der Waals surface area (Å²) in [5.41, 5.74) is 1.16. The number of rotatable bonds is 11. The van der Waals surface area contributed by atoms with E-state index in [4.69, 9.17) is 21.1 Å². The third kappa shape index (κ3) is 9.04. The number of methoxy groups -OCH3 is 1. The van der Waals surface area contributed by atoms with E-state index in [-0.39, 0.29) is 30.0 Å². The van der Waals surface area contributed by atoms with Crippen LogP contribution in [-0.4, -0.2) is 82.0 Å². The smallest absolute Gasteiger partial charge is 0.193 e. The Bertz CT molecular complexity index is 638. The molecule has 0 bridgehead atoms. The highest BCUT2D eigenvalue weighted by molar-refractivity contribution is 14.0. The van der Waals surface area contributed by atoms with Gasteiger partial charge in [-0.1, -0.05) is 43.6 Å². The summed E-state index contributed by atoms with van der Waals surface area (Å²) in [4.78, 5) is 9.31. The zero-order chi connectivity index (χ0) is 21.8. The number of likely N-dealkylation sites (tertiary alicyclic amines) is 1. The molecule has 178 valence electrons. The van der Waals surface area contributed by atoms with Gasteiger partial charge in [0, 0.05) is 52.0 Å². The summed E-state index contributed by atoms with van der Waals surface area (Å²) < 4.78 is 11.1. The van der Waals surface area contributed by atoms with E-state index < -0.39 is 0 Å². The zero-order valence-electron chi connectivity index (χ0n) is 19.5. The van der Waals surface area contributed by atoms with Crippen LogP contribution in [0.15, 0.2) is 29.3 Å². The second-order valence-electron chi connectivity index (χ2n) is 7.59. The first-order chi connectivity index (χ1) is 14.6. The van der Waals surface area contributed by atoms with Crippen molar-refractivity contribution in [3.05, 3.63) is 34.9 Å². The van der Waals surface area contributed by atoms with E-state index in [9.17, 15) is 0 Å². The lowest BCUT2D eigenvalue weighted by atomic mass is 10.0. The monoisotopic (exact) mass is 566 g/mol. The van der Waals surface area contributed by atoms with Crippen molar-refractivity contribution in [1.29, 1.82) is 0 Å². The molecule has 1 aliphatic rings. The third-order valence-electron chi connectivity index (χ3n) is 5.77. The summed E-state index contributed by atoms with van der Waals surface area (Å²) in [5.74, 6) is 0.956. The summed E-state index contributed by atoms with van der Waals surface area (Å²) in [6, 6.07) is 8.34. The van der Waals surface area contributed by atoms with Crippen LogP contribution in [0.3, 0.4) is 0 Å². The van der Waals surface area contributed by atoms with E-state index in [2.05, 4.69) is 46.1 Å². The largest absolute Gasteiger partial charge is 0.385 e. The Morgan fingerprint density at radius 3 is 2.48 bits per heavy atom. The first-order valence-corrected chi connectivity index (χ1v) is 11.6. The quantitative estimate of drug-likeness (QED) is 0.186. The number of hydrogen-bond acceptors (Lipinski definition) is 4. The van der Waals surface area contributed by atoms with Gasteiger partial charge in [0.05, 0.1) is 12.1 Å². The van der Waals surface area contributed by atoms with Gasteiger partial charge in [-0.05, 0) is 44.0 Å². The molecular formula is C23H40ClIN4O2. The lowest BCUT2D eigenvalue weighted by Gasteiger charge is -2.36. The van der Waals surface area contributed by atoms with Crippen LogP contribution in [0.2, 0.25) is 5.02 Å². The molecule has 6 nitrogen and oxygen atoms in total. The SMILES string of the molecule is CCN(CC)C(CNC(=NC)N1CCC(OCCCOC)CC1)c1ccccc1Cl.I. The van der Waals surface area contributed by atoms with E-state index in [0.29, 0.717) is 6.10 Å². The first kappa shape index (κ1) is 28.4.